The molecule has 0 N–H and O–H groups in total. The summed E-state index contributed by atoms with van der Waals surface area (Å²) in [6.45, 7) is -0.395. The van der Waals surface area contributed by atoms with Crippen LogP contribution in [0.15, 0.2) is 267 Å². The van der Waals surface area contributed by atoms with Crippen molar-refractivity contribution < 1.29 is 4.11 Å². The van der Waals surface area contributed by atoms with Crippen LogP contribution in [0.25, 0.3) is 123 Å². The van der Waals surface area contributed by atoms with E-state index in [0.29, 0.717) is 17.0 Å². The number of benzene rings is 8. The van der Waals surface area contributed by atoms with Crippen molar-refractivity contribution in [1.29, 1.82) is 0 Å². The third-order valence-electron chi connectivity index (χ3n) is 13.7. The van der Waals surface area contributed by atoms with Gasteiger partial charge in [-0.2, -0.15) is 0 Å². The van der Waals surface area contributed by atoms with E-state index in [9.17, 15) is 0 Å². The van der Waals surface area contributed by atoms with Crippen molar-refractivity contribution in [2.45, 2.75) is 13.8 Å². The molecule has 0 amide bonds. The summed E-state index contributed by atoms with van der Waals surface area (Å²) in [6.07, 6.45) is 7.15. The van der Waals surface area contributed by atoms with Gasteiger partial charge in [-0.1, -0.05) is 176 Å². The van der Waals surface area contributed by atoms with Gasteiger partial charge < -0.3 is 0 Å². The molecule has 4 heteroatoms. The summed E-state index contributed by atoms with van der Waals surface area (Å²) >= 11 is 0. The van der Waals surface area contributed by atoms with Crippen molar-refractivity contribution in [1.82, 2.24) is 19.9 Å². The highest BCUT2D eigenvalue weighted by Crippen LogP contribution is 2.39. The van der Waals surface area contributed by atoms with Crippen LogP contribution in [-0.2, 0) is 0 Å². The summed E-state index contributed by atoms with van der Waals surface area (Å²) in [5.74, 6) is 0. The molecule has 0 aliphatic rings. The predicted molar refractivity (Wildman–Crippen MR) is 307 cm³/mol. The highest BCUT2D eigenvalue weighted by atomic mass is 14.8. The van der Waals surface area contributed by atoms with Crippen molar-refractivity contribution in [3.63, 3.8) is 0 Å². The zero-order chi connectivity index (χ0) is 52.3. The Morgan fingerprint density at radius 2 is 0.703 bits per heavy atom. The van der Waals surface area contributed by atoms with E-state index < -0.39 is 6.85 Å². The first-order chi connectivity index (χ1) is 37.7. The number of pyridine rings is 4. The molecule has 0 aliphatic carbocycles. The minimum Gasteiger partial charge on any atom is -0.256 e. The van der Waals surface area contributed by atoms with Crippen molar-refractivity contribution in [3.8, 4) is 123 Å². The van der Waals surface area contributed by atoms with Crippen molar-refractivity contribution in [2.24, 2.45) is 0 Å². The first kappa shape index (κ1) is 42.1. The van der Waals surface area contributed by atoms with Crippen LogP contribution in [0, 0.1) is 13.8 Å². The molecular weight excluding hydrogens is 897 g/mol. The Bertz CT molecular complexity index is 4090. The van der Waals surface area contributed by atoms with E-state index in [4.69, 9.17) is 14.1 Å². The van der Waals surface area contributed by atoms with Crippen LogP contribution in [-0.4, -0.2) is 19.9 Å². The third kappa shape index (κ3) is 9.48. The van der Waals surface area contributed by atoms with Crippen molar-refractivity contribution >= 4 is 0 Å². The average Bonchev–Trinajstić information content (AvgIpc) is 3.49. The van der Waals surface area contributed by atoms with Gasteiger partial charge in [-0.25, -0.2) is 0 Å². The number of hydrogen-bond donors (Lipinski definition) is 0. The molecule has 0 unspecified atom stereocenters. The second-order valence-electron chi connectivity index (χ2n) is 18.6. The van der Waals surface area contributed by atoms with Crippen molar-refractivity contribution in [2.75, 3.05) is 0 Å². The lowest BCUT2D eigenvalue weighted by atomic mass is 9.90. The predicted octanol–water partition coefficient (Wildman–Crippen LogP) is 18.2. The SMILES string of the molecule is [2H]C([2H])([2H])c1cc(-c2ccc(C)cn2)ncc1-c1cccc(-c2cccc(-c3ccccc3-c3ccnc(-c4cccc(-c5ccccc5-c5cccc(-c6cccc(-c7ccc(-c8ccccn8)cc7)c6)c5)c4)c3)c2)c1. The van der Waals surface area contributed by atoms with E-state index in [1.807, 2.05) is 67.8 Å². The molecule has 4 heterocycles. The largest absolute Gasteiger partial charge is 0.256 e. The Morgan fingerprint density at radius 3 is 1.23 bits per heavy atom. The van der Waals surface area contributed by atoms with Gasteiger partial charge in [-0.3, -0.25) is 19.9 Å². The smallest absolute Gasteiger partial charge is 0.0889 e. The normalized spacial score (nSPS) is 11.9. The van der Waals surface area contributed by atoms with Crippen molar-refractivity contribution in [3.05, 3.63) is 279 Å². The van der Waals surface area contributed by atoms with E-state index >= 15 is 0 Å². The number of aryl methyl sites for hydroxylation is 2. The fourth-order valence-electron chi connectivity index (χ4n) is 9.86. The van der Waals surface area contributed by atoms with E-state index in [1.165, 1.54) is 0 Å². The van der Waals surface area contributed by atoms with Gasteiger partial charge in [0.05, 0.1) is 22.8 Å². The molecule has 4 nitrogen and oxygen atoms in total. The van der Waals surface area contributed by atoms with Crippen LogP contribution in [0.5, 0.6) is 0 Å². The zero-order valence-electron chi connectivity index (χ0n) is 43.7. The van der Waals surface area contributed by atoms with E-state index in [0.717, 1.165) is 112 Å². The van der Waals surface area contributed by atoms with Crippen LogP contribution in [0.3, 0.4) is 0 Å². The van der Waals surface area contributed by atoms with Gasteiger partial charge >= 0.3 is 0 Å². The summed E-state index contributed by atoms with van der Waals surface area (Å²) in [5.41, 5.74) is 23.2. The Morgan fingerprint density at radius 1 is 0.257 bits per heavy atom. The minimum atomic E-state index is -2.36. The van der Waals surface area contributed by atoms with Crippen LogP contribution in [0.1, 0.15) is 15.2 Å². The summed E-state index contributed by atoms with van der Waals surface area (Å²) in [6, 6.07) is 84.2. The molecule has 0 fully saturated rings. The van der Waals surface area contributed by atoms with Gasteiger partial charge in [0.1, 0.15) is 0 Å². The summed E-state index contributed by atoms with van der Waals surface area (Å²) in [4.78, 5) is 18.6. The second-order valence-corrected chi connectivity index (χ2v) is 18.6. The molecular formula is C70H50N4. The average molecular weight is 950 g/mol. The summed E-state index contributed by atoms with van der Waals surface area (Å²) in [5, 5.41) is 0. The molecule has 0 saturated carbocycles. The summed E-state index contributed by atoms with van der Waals surface area (Å²) in [7, 11) is 0. The Labute approximate surface area is 437 Å². The molecule has 0 saturated heterocycles. The van der Waals surface area contributed by atoms with Gasteiger partial charge in [-0.15, -0.1) is 0 Å². The third-order valence-corrected chi connectivity index (χ3v) is 13.7. The number of rotatable bonds is 11. The molecule has 4 aromatic heterocycles. The Balaban J connectivity index is 0.816. The van der Waals surface area contributed by atoms with E-state index in [2.05, 4.69) is 198 Å². The van der Waals surface area contributed by atoms with Gasteiger partial charge in [0, 0.05) is 45.6 Å². The van der Waals surface area contributed by atoms with E-state index in [1.54, 1.807) is 18.5 Å². The quantitative estimate of drug-likeness (QED) is 0.130. The molecule has 0 bridgehead atoms. The standard InChI is InChI=1S/C70H50N4/c1-47-29-34-68(73-45-47)70-38-48(2)66(46-74-70)59-22-12-18-55(42-59)54-17-11-20-57(41-54)63-25-5-6-27-65(63)60-35-37-72-69(44-60)61-23-13-21-58(43-61)64-26-4-3-24-62(64)56-19-10-16-53(40-56)52-15-9-14-51(39-52)49-30-32-50(33-31-49)67-28-7-8-36-71-67/h3-46H,1-2H3/i2D3. The van der Waals surface area contributed by atoms with E-state index in [-0.39, 0.29) is 5.56 Å². The first-order valence-electron chi connectivity index (χ1n) is 26.3. The molecule has 0 radical (unpaired) electrons. The van der Waals surface area contributed by atoms with Gasteiger partial charge in [0.2, 0.25) is 0 Å². The maximum absolute atomic E-state index is 8.48. The highest BCUT2D eigenvalue weighted by molar-refractivity contribution is 5.90. The number of aromatic nitrogens is 4. The zero-order valence-corrected chi connectivity index (χ0v) is 40.7. The molecule has 8 aromatic carbocycles. The van der Waals surface area contributed by atoms with Crippen LogP contribution in [0.4, 0.5) is 0 Å². The maximum atomic E-state index is 8.48. The van der Waals surface area contributed by atoms with Gasteiger partial charge in [0.25, 0.3) is 0 Å². The number of nitrogens with zero attached hydrogens (tertiary/aromatic N) is 4. The molecule has 12 aromatic rings. The van der Waals surface area contributed by atoms with Gasteiger partial charge in [-0.05, 0) is 175 Å². The monoisotopic (exact) mass is 949 g/mol. The number of hydrogen-bond acceptors (Lipinski definition) is 4. The molecule has 0 aliphatic heterocycles. The molecule has 12 rings (SSSR count). The second kappa shape index (κ2) is 20.2. The Hall–Kier alpha value is -9.64. The maximum Gasteiger partial charge on any atom is 0.0889 e. The van der Waals surface area contributed by atoms with Crippen LogP contribution >= 0.6 is 0 Å². The molecule has 74 heavy (non-hydrogen) atoms. The molecule has 350 valence electrons. The highest BCUT2D eigenvalue weighted by Gasteiger charge is 2.15. The van der Waals surface area contributed by atoms with Gasteiger partial charge in [0.15, 0.2) is 0 Å². The first-order valence-corrected chi connectivity index (χ1v) is 24.8. The fraction of sp³-hybridized carbons (Fsp3) is 0.0286. The van der Waals surface area contributed by atoms with Crippen LogP contribution < -0.4 is 0 Å². The minimum absolute atomic E-state index is 0.234. The van der Waals surface area contributed by atoms with Crippen LogP contribution in [0.2, 0.25) is 0 Å². The lowest BCUT2D eigenvalue weighted by molar-refractivity contribution is 1.21. The Kier molecular flexibility index (Phi) is 11.5. The fourth-order valence-corrected chi connectivity index (χ4v) is 9.86. The summed E-state index contributed by atoms with van der Waals surface area (Å²) < 4.78 is 25.4. The topological polar surface area (TPSA) is 51.6 Å². The molecule has 0 spiro atoms. The lowest BCUT2D eigenvalue weighted by Crippen LogP contribution is -1.92. The molecule has 0 atom stereocenters. The lowest BCUT2D eigenvalue weighted by Gasteiger charge is -2.14.